The molecule has 0 aromatic heterocycles. The molecule has 0 saturated carbocycles. The lowest BCUT2D eigenvalue weighted by Gasteiger charge is -2.36. The number of hydrogen-bond acceptors (Lipinski definition) is 2. The monoisotopic (exact) mass is 260 g/mol. The minimum atomic E-state index is -0.473. The lowest BCUT2D eigenvalue weighted by Crippen LogP contribution is -2.51. The molecule has 0 radical (unpaired) electrons. The summed E-state index contributed by atoms with van der Waals surface area (Å²) < 4.78 is 0. The molecule has 2 atom stereocenters. The summed E-state index contributed by atoms with van der Waals surface area (Å²) in [6.45, 7) is 2.47. The van der Waals surface area contributed by atoms with E-state index in [0.29, 0.717) is 25.3 Å². The molecule has 102 valence electrons. The highest BCUT2D eigenvalue weighted by molar-refractivity contribution is 5.87. The van der Waals surface area contributed by atoms with E-state index >= 15 is 0 Å². The maximum Gasteiger partial charge on any atom is 0.240 e. The molecule has 2 amide bonds. The number of primary amides is 1. The summed E-state index contributed by atoms with van der Waals surface area (Å²) in [5.41, 5.74) is 6.61. The second kappa shape index (κ2) is 5.87. The molecule has 0 spiro atoms. The number of rotatable bonds is 4. The van der Waals surface area contributed by atoms with Gasteiger partial charge in [0.1, 0.15) is 6.04 Å². The first-order valence-corrected chi connectivity index (χ1v) is 6.77. The summed E-state index contributed by atoms with van der Waals surface area (Å²) in [6.07, 6.45) is 1.90. The number of nitrogens with two attached hydrogens (primary N) is 1. The van der Waals surface area contributed by atoms with Crippen LogP contribution in [0.4, 0.5) is 0 Å². The second-order valence-electron chi connectivity index (χ2n) is 5.02. The zero-order valence-corrected chi connectivity index (χ0v) is 11.2. The van der Waals surface area contributed by atoms with E-state index in [-0.39, 0.29) is 5.91 Å². The van der Waals surface area contributed by atoms with Crippen molar-refractivity contribution in [3.05, 3.63) is 35.9 Å². The quantitative estimate of drug-likeness (QED) is 0.894. The Balaban J connectivity index is 2.16. The molecule has 1 fully saturated rings. The molecule has 4 heteroatoms. The van der Waals surface area contributed by atoms with Crippen LogP contribution in [0.3, 0.4) is 0 Å². The third kappa shape index (κ3) is 2.95. The number of carbonyl (C=O) groups excluding carboxylic acids is 2. The summed E-state index contributed by atoms with van der Waals surface area (Å²) in [6, 6.07) is 9.66. The van der Waals surface area contributed by atoms with E-state index < -0.39 is 11.9 Å². The van der Waals surface area contributed by atoms with Crippen LogP contribution in [-0.4, -0.2) is 29.3 Å². The Kier molecular flexibility index (Phi) is 4.20. The minimum Gasteiger partial charge on any atom is -0.368 e. The molecule has 1 aromatic carbocycles. The van der Waals surface area contributed by atoms with Crippen LogP contribution in [-0.2, 0) is 9.59 Å². The Morgan fingerprint density at radius 2 is 2.11 bits per heavy atom. The number of hydrogen-bond donors (Lipinski definition) is 1. The Bertz CT molecular complexity index is 458. The smallest absolute Gasteiger partial charge is 0.240 e. The van der Waals surface area contributed by atoms with Crippen molar-refractivity contribution in [2.45, 2.75) is 38.1 Å². The zero-order valence-electron chi connectivity index (χ0n) is 11.2. The van der Waals surface area contributed by atoms with Gasteiger partial charge in [-0.25, -0.2) is 0 Å². The average Bonchev–Trinajstić information content (AvgIpc) is 2.42. The molecule has 1 aliphatic rings. The molecule has 2 unspecified atom stereocenters. The van der Waals surface area contributed by atoms with Crippen LogP contribution in [0.2, 0.25) is 0 Å². The van der Waals surface area contributed by atoms with E-state index in [1.807, 2.05) is 25.1 Å². The summed E-state index contributed by atoms with van der Waals surface area (Å²) in [5.74, 6) is -0.0744. The molecule has 1 aliphatic heterocycles. The molecular formula is C15H20N2O2. The third-order valence-electron chi connectivity index (χ3n) is 3.81. The van der Waals surface area contributed by atoms with E-state index in [4.69, 9.17) is 5.73 Å². The van der Waals surface area contributed by atoms with Gasteiger partial charge in [-0.15, -0.1) is 0 Å². The molecule has 2 rings (SSSR count). The highest BCUT2D eigenvalue weighted by Crippen LogP contribution is 2.28. The molecule has 1 saturated heterocycles. The van der Waals surface area contributed by atoms with Gasteiger partial charge in [0.15, 0.2) is 0 Å². The Morgan fingerprint density at radius 1 is 1.42 bits per heavy atom. The molecule has 4 nitrogen and oxygen atoms in total. The van der Waals surface area contributed by atoms with E-state index in [1.54, 1.807) is 4.90 Å². The second-order valence-corrected chi connectivity index (χ2v) is 5.02. The van der Waals surface area contributed by atoms with E-state index in [0.717, 1.165) is 6.42 Å². The van der Waals surface area contributed by atoms with Gasteiger partial charge in [0, 0.05) is 18.9 Å². The normalized spacial score (nSPS) is 21.2. The fourth-order valence-corrected chi connectivity index (χ4v) is 2.75. The van der Waals surface area contributed by atoms with Crippen molar-refractivity contribution in [1.82, 2.24) is 4.90 Å². The van der Waals surface area contributed by atoms with Gasteiger partial charge in [-0.05, 0) is 18.4 Å². The SMILES string of the molecule is CCC(C(N)=O)N1CC(c2ccccc2)CCC1=O. The Labute approximate surface area is 113 Å². The molecule has 1 aromatic rings. The molecular weight excluding hydrogens is 240 g/mol. The maximum atomic E-state index is 12.0. The van der Waals surface area contributed by atoms with Gasteiger partial charge in [-0.3, -0.25) is 9.59 Å². The first kappa shape index (κ1) is 13.6. The topological polar surface area (TPSA) is 63.4 Å². The predicted molar refractivity (Wildman–Crippen MR) is 73.4 cm³/mol. The van der Waals surface area contributed by atoms with Crippen molar-refractivity contribution in [3.8, 4) is 0 Å². The number of benzene rings is 1. The Morgan fingerprint density at radius 3 is 2.68 bits per heavy atom. The third-order valence-corrected chi connectivity index (χ3v) is 3.81. The molecule has 0 aliphatic carbocycles. The van der Waals surface area contributed by atoms with E-state index in [1.165, 1.54) is 5.56 Å². The molecule has 19 heavy (non-hydrogen) atoms. The molecule has 0 bridgehead atoms. The van der Waals surface area contributed by atoms with Crippen LogP contribution in [0, 0.1) is 0 Å². The van der Waals surface area contributed by atoms with Crippen LogP contribution >= 0.6 is 0 Å². The highest BCUT2D eigenvalue weighted by Gasteiger charge is 2.33. The first-order valence-electron chi connectivity index (χ1n) is 6.77. The summed E-state index contributed by atoms with van der Waals surface area (Å²) in [5, 5.41) is 0. The number of nitrogens with zero attached hydrogens (tertiary/aromatic N) is 1. The fourth-order valence-electron chi connectivity index (χ4n) is 2.75. The minimum absolute atomic E-state index is 0.0397. The Hall–Kier alpha value is -1.84. The van der Waals surface area contributed by atoms with Gasteiger partial charge in [0.2, 0.25) is 11.8 Å². The van der Waals surface area contributed by atoms with Gasteiger partial charge in [-0.2, -0.15) is 0 Å². The van der Waals surface area contributed by atoms with Crippen molar-refractivity contribution in [2.75, 3.05) is 6.54 Å². The number of amides is 2. The van der Waals surface area contributed by atoms with Crippen molar-refractivity contribution < 1.29 is 9.59 Å². The van der Waals surface area contributed by atoms with Crippen LogP contribution in [0.5, 0.6) is 0 Å². The largest absolute Gasteiger partial charge is 0.368 e. The van der Waals surface area contributed by atoms with Crippen molar-refractivity contribution in [1.29, 1.82) is 0 Å². The average molecular weight is 260 g/mol. The molecule has 1 heterocycles. The lowest BCUT2D eigenvalue weighted by molar-refractivity contribution is -0.142. The van der Waals surface area contributed by atoms with Crippen molar-refractivity contribution in [2.24, 2.45) is 5.73 Å². The van der Waals surface area contributed by atoms with Crippen molar-refractivity contribution >= 4 is 11.8 Å². The van der Waals surface area contributed by atoms with Crippen molar-refractivity contribution in [3.63, 3.8) is 0 Å². The van der Waals surface area contributed by atoms with Gasteiger partial charge in [0.25, 0.3) is 0 Å². The zero-order chi connectivity index (χ0) is 13.8. The maximum absolute atomic E-state index is 12.0. The van der Waals surface area contributed by atoms with Gasteiger partial charge >= 0.3 is 0 Å². The van der Waals surface area contributed by atoms with Gasteiger partial charge < -0.3 is 10.6 Å². The number of carbonyl (C=O) groups is 2. The van der Waals surface area contributed by atoms with E-state index in [2.05, 4.69) is 12.1 Å². The summed E-state index contributed by atoms with van der Waals surface area (Å²) in [4.78, 5) is 25.1. The standard InChI is InChI=1S/C15H20N2O2/c1-2-13(15(16)19)17-10-12(8-9-14(17)18)11-6-4-3-5-7-11/h3-7,12-13H,2,8-10H2,1H3,(H2,16,19). The van der Waals surface area contributed by atoms with Crippen LogP contribution in [0.25, 0.3) is 0 Å². The van der Waals surface area contributed by atoms with Gasteiger partial charge in [0.05, 0.1) is 0 Å². The van der Waals surface area contributed by atoms with Crippen LogP contribution in [0.1, 0.15) is 37.7 Å². The number of likely N-dealkylation sites (tertiary alicyclic amines) is 1. The molecule has 2 N–H and O–H groups in total. The van der Waals surface area contributed by atoms with Crippen LogP contribution < -0.4 is 5.73 Å². The first-order chi connectivity index (χ1) is 9.13. The predicted octanol–water partition coefficient (Wildman–Crippen LogP) is 1.66. The highest BCUT2D eigenvalue weighted by atomic mass is 16.2. The fraction of sp³-hybridized carbons (Fsp3) is 0.467. The lowest BCUT2D eigenvalue weighted by atomic mass is 9.89. The number of piperidine rings is 1. The van der Waals surface area contributed by atoms with E-state index in [9.17, 15) is 9.59 Å². The van der Waals surface area contributed by atoms with Gasteiger partial charge in [-0.1, -0.05) is 37.3 Å². The summed E-state index contributed by atoms with van der Waals surface area (Å²) in [7, 11) is 0. The summed E-state index contributed by atoms with van der Waals surface area (Å²) >= 11 is 0. The van der Waals surface area contributed by atoms with Crippen LogP contribution in [0.15, 0.2) is 30.3 Å².